The van der Waals surface area contributed by atoms with Crippen molar-refractivity contribution >= 4 is 22.8 Å². The van der Waals surface area contributed by atoms with Gasteiger partial charge in [-0.05, 0) is 25.0 Å². The highest BCUT2D eigenvalue weighted by Crippen LogP contribution is 2.24. The molecule has 5 heteroatoms. The number of nitrogens with one attached hydrogen (secondary N) is 1. The van der Waals surface area contributed by atoms with E-state index in [2.05, 4.69) is 24.1 Å². The van der Waals surface area contributed by atoms with E-state index in [1.807, 2.05) is 25.1 Å². The largest absolute Gasteiger partial charge is 0.423 e. The Morgan fingerprint density at radius 2 is 2.21 bits per heavy atom. The fourth-order valence-electron chi connectivity index (χ4n) is 1.84. The minimum Gasteiger partial charge on any atom is -0.423 e. The zero-order valence-corrected chi connectivity index (χ0v) is 11.6. The molecule has 0 amide bonds. The van der Waals surface area contributed by atoms with Gasteiger partial charge in [0.15, 0.2) is 5.58 Å². The van der Waals surface area contributed by atoms with Crippen molar-refractivity contribution in [3.63, 3.8) is 0 Å². The Morgan fingerprint density at radius 3 is 2.84 bits per heavy atom. The summed E-state index contributed by atoms with van der Waals surface area (Å²) in [5.41, 5.74) is 7.88. The van der Waals surface area contributed by atoms with Gasteiger partial charge in [0.2, 0.25) is 0 Å². The van der Waals surface area contributed by atoms with E-state index in [0.29, 0.717) is 41.9 Å². The van der Waals surface area contributed by atoms with E-state index >= 15 is 0 Å². The van der Waals surface area contributed by atoms with Crippen LogP contribution in [0.4, 0.5) is 11.7 Å². The van der Waals surface area contributed by atoms with Gasteiger partial charge < -0.3 is 20.2 Å². The number of hydrogen-bond donors (Lipinski definition) is 2. The summed E-state index contributed by atoms with van der Waals surface area (Å²) in [4.78, 5) is 4.38. The highest BCUT2D eigenvalue weighted by atomic mass is 16.5. The molecule has 0 aliphatic heterocycles. The number of benzene rings is 1. The average molecular weight is 263 g/mol. The van der Waals surface area contributed by atoms with E-state index in [-0.39, 0.29) is 6.04 Å². The van der Waals surface area contributed by atoms with Crippen LogP contribution in [0.1, 0.15) is 20.8 Å². The molecule has 0 radical (unpaired) electrons. The first kappa shape index (κ1) is 13.7. The Hall–Kier alpha value is -1.75. The molecule has 0 bridgehead atoms. The third kappa shape index (κ3) is 3.17. The molecule has 5 nitrogen and oxygen atoms in total. The molecule has 0 saturated heterocycles. The van der Waals surface area contributed by atoms with E-state index < -0.39 is 0 Å². The van der Waals surface area contributed by atoms with Crippen LogP contribution in [0.3, 0.4) is 0 Å². The number of anilines is 2. The maximum atomic E-state index is 5.87. The Balaban J connectivity index is 2.17. The van der Waals surface area contributed by atoms with E-state index in [1.54, 1.807) is 0 Å². The smallest absolute Gasteiger partial charge is 0.296 e. The summed E-state index contributed by atoms with van der Waals surface area (Å²) in [6.45, 7) is 7.58. The van der Waals surface area contributed by atoms with E-state index in [9.17, 15) is 0 Å². The molecular weight excluding hydrogens is 242 g/mol. The lowest BCUT2D eigenvalue weighted by Gasteiger charge is -2.20. The first-order valence-corrected chi connectivity index (χ1v) is 6.61. The number of rotatable bonds is 6. The zero-order chi connectivity index (χ0) is 13.8. The second-order valence-corrected chi connectivity index (χ2v) is 4.87. The van der Waals surface area contributed by atoms with Crippen molar-refractivity contribution in [2.75, 3.05) is 24.3 Å². The van der Waals surface area contributed by atoms with E-state index in [4.69, 9.17) is 14.9 Å². The maximum absolute atomic E-state index is 5.87. The molecule has 1 aromatic carbocycles. The topological polar surface area (TPSA) is 73.3 Å². The average Bonchev–Trinajstić information content (AvgIpc) is 2.78. The first-order valence-electron chi connectivity index (χ1n) is 6.61. The van der Waals surface area contributed by atoms with Crippen LogP contribution in [0.15, 0.2) is 22.6 Å². The van der Waals surface area contributed by atoms with E-state index in [1.165, 1.54) is 0 Å². The molecule has 1 atom stereocenters. The van der Waals surface area contributed by atoms with Crippen LogP contribution in [-0.2, 0) is 4.74 Å². The van der Waals surface area contributed by atoms with Crippen LogP contribution < -0.4 is 11.1 Å². The highest BCUT2D eigenvalue weighted by molar-refractivity contribution is 5.86. The third-order valence-corrected chi connectivity index (χ3v) is 3.07. The quantitative estimate of drug-likeness (QED) is 0.784. The molecule has 2 rings (SSSR count). The van der Waals surface area contributed by atoms with Gasteiger partial charge in [0.1, 0.15) is 5.52 Å². The molecule has 2 aromatic rings. The minimum absolute atomic E-state index is 0.161. The minimum atomic E-state index is 0.161. The van der Waals surface area contributed by atoms with E-state index in [0.717, 1.165) is 0 Å². The van der Waals surface area contributed by atoms with Gasteiger partial charge in [0.05, 0.1) is 18.3 Å². The lowest BCUT2D eigenvalue weighted by molar-refractivity contribution is 0.126. The Kier molecular flexibility index (Phi) is 4.27. The number of hydrogen-bond acceptors (Lipinski definition) is 5. The monoisotopic (exact) mass is 263 g/mol. The van der Waals surface area contributed by atoms with Crippen molar-refractivity contribution in [3.8, 4) is 0 Å². The Labute approximate surface area is 113 Å². The SMILES string of the molecule is CCOCC(Nc1nc2c(N)cccc2o1)C(C)C. The number of oxazole rings is 1. The molecule has 19 heavy (non-hydrogen) atoms. The summed E-state index contributed by atoms with van der Waals surface area (Å²) in [5, 5.41) is 3.27. The normalized spacial score (nSPS) is 13.1. The molecule has 0 aliphatic rings. The number of nitrogens with two attached hydrogens (primary N) is 1. The fourth-order valence-corrected chi connectivity index (χ4v) is 1.84. The fraction of sp³-hybridized carbons (Fsp3) is 0.500. The molecule has 1 unspecified atom stereocenters. The van der Waals surface area contributed by atoms with Crippen LogP contribution in [0.2, 0.25) is 0 Å². The van der Waals surface area contributed by atoms with Gasteiger partial charge in [-0.1, -0.05) is 19.9 Å². The predicted molar refractivity (Wildman–Crippen MR) is 77.2 cm³/mol. The van der Waals surface area contributed by atoms with Gasteiger partial charge in [-0.25, -0.2) is 0 Å². The van der Waals surface area contributed by atoms with Gasteiger partial charge in [0.25, 0.3) is 6.01 Å². The third-order valence-electron chi connectivity index (χ3n) is 3.07. The highest BCUT2D eigenvalue weighted by Gasteiger charge is 2.17. The van der Waals surface area contributed by atoms with Crippen LogP contribution in [0.25, 0.3) is 11.1 Å². The van der Waals surface area contributed by atoms with Gasteiger partial charge in [-0.2, -0.15) is 4.98 Å². The summed E-state index contributed by atoms with van der Waals surface area (Å²) in [6.07, 6.45) is 0. The maximum Gasteiger partial charge on any atom is 0.296 e. The number of nitrogens with zero attached hydrogens (tertiary/aromatic N) is 1. The van der Waals surface area contributed by atoms with Gasteiger partial charge in [0, 0.05) is 6.61 Å². The van der Waals surface area contributed by atoms with Crippen molar-refractivity contribution < 1.29 is 9.15 Å². The molecule has 0 aliphatic carbocycles. The zero-order valence-electron chi connectivity index (χ0n) is 11.6. The molecule has 1 heterocycles. The number of nitrogen functional groups attached to an aromatic ring is 1. The van der Waals surface area contributed by atoms with Gasteiger partial charge in [-0.15, -0.1) is 0 Å². The second kappa shape index (κ2) is 5.93. The number of para-hydroxylation sites is 1. The number of aromatic nitrogens is 1. The summed E-state index contributed by atoms with van der Waals surface area (Å²) < 4.78 is 11.1. The first-order chi connectivity index (χ1) is 9.11. The predicted octanol–water partition coefficient (Wildman–Crippen LogP) is 2.88. The van der Waals surface area contributed by atoms with Crippen LogP contribution in [-0.4, -0.2) is 24.2 Å². The summed E-state index contributed by atoms with van der Waals surface area (Å²) in [6, 6.07) is 6.18. The second-order valence-electron chi connectivity index (χ2n) is 4.87. The standard InChI is InChI=1S/C14H21N3O2/c1-4-18-8-11(9(2)3)16-14-17-13-10(15)6-5-7-12(13)19-14/h5-7,9,11H,4,8,15H2,1-3H3,(H,16,17). The van der Waals surface area contributed by atoms with Crippen molar-refractivity contribution in [1.29, 1.82) is 0 Å². The molecule has 0 fully saturated rings. The van der Waals surface area contributed by atoms with Crippen LogP contribution in [0.5, 0.6) is 0 Å². The summed E-state index contributed by atoms with van der Waals surface area (Å²) in [7, 11) is 0. The molecule has 104 valence electrons. The number of fused-ring (bicyclic) bond motifs is 1. The van der Waals surface area contributed by atoms with Crippen molar-refractivity contribution in [3.05, 3.63) is 18.2 Å². The lowest BCUT2D eigenvalue weighted by atomic mass is 10.1. The van der Waals surface area contributed by atoms with Crippen molar-refractivity contribution in [2.24, 2.45) is 5.92 Å². The van der Waals surface area contributed by atoms with Gasteiger partial charge >= 0.3 is 0 Å². The van der Waals surface area contributed by atoms with Crippen LogP contribution >= 0.6 is 0 Å². The Bertz CT molecular complexity index is 536. The molecule has 0 spiro atoms. The summed E-state index contributed by atoms with van der Waals surface area (Å²) >= 11 is 0. The van der Waals surface area contributed by atoms with Crippen LogP contribution in [0, 0.1) is 5.92 Å². The molecule has 1 aromatic heterocycles. The Morgan fingerprint density at radius 1 is 1.42 bits per heavy atom. The van der Waals surface area contributed by atoms with Crippen molar-refractivity contribution in [1.82, 2.24) is 4.98 Å². The molecular formula is C14H21N3O2. The molecule has 0 saturated carbocycles. The summed E-state index contributed by atoms with van der Waals surface area (Å²) in [5.74, 6) is 0.416. The van der Waals surface area contributed by atoms with Gasteiger partial charge in [-0.3, -0.25) is 0 Å². The lowest BCUT2D eigenvalue weighted by Crippen LogP contribution is -2.31. The van der Waals surface area contributed by atoms with Crippen molar-refractivity contribution in [2.45, 2.75) is 26.8 Å². The number of ether oxygens (including phenoxy) is 1. The molecule has 3 N–H and O–H groups in total.